The quantitative estimate of drug-likeness (QED) is 0.635. The largest absolute Gasteiger partial charge is 0.194 e. The van der Waals surface area contributed by atoms with Crippen molar-refractivity contribution < 1.29 is 0 Å². The molecular formula is C10H12N2. The Kier molecular flexibility index (Phi) is 2.16. The molecular weight excluding hydrogens is 148 g/mol. The molecule has 1 aliphatic heterocycles. The molecule has 2 nitrogen and oxygen atoms in total. The molecule has 1 heterocycles. The second-order valence-electron chi connectivity index (χ2n) is 3.11. The first-order chi connectivity index (χ1) is 5.95. The standard InChI is InChI=1S/C10H12N2/c1-2-4-9(5-3-1)8-10-6-7-11-12-10/h1-5,10H,6-8H2/t10-/m0/s1. The van der Waals surface area contributed by atoms with Crippen LogP contribution >= 0.6 is 0 Å². The van der Waals surface area contributed by atoms with Crippen LogP contribution in [-0.2, 0) is 6.42 Å². The molecule has 0 aliphatic carbocycles. The third kappa shape index (κ3) is 1.70. The van der Waals surface area contributed by atoms with E-state index in [4.69, 9.17) is 0 Å². The van der Waals surface area contributed by atoms with Crippen molar-refractivity contribution in [3.05, 3.63) is 35.9 Å². The predicted molar refractivity (Wildman–Crippen MR) is 48.3 cm³/mol. The molecule has 62 valence electrons. The lowest BCUT2D eigenvalue weighted by molar-refractivity contribution is 0.681. The van der Waals surface area contributed by atoms with Gasteiger partial charge in [0.1, 0.15) is 0 Å². The van der Waals surface area contributed by atoms with Gasteiger partial charge >= 0.3 is 0 Å². The molecule has 0 bridgehead atoms. The van der Waals surface area contributed by atoms with E-state index in [9.17, 15) is 0 Å². The monoisotopic (exact) mass is 160 g/mol. The fraction of sp³-hybridized carbons (Fsp3) is 0.400. The van der Waals surface area contributed by atoms with Gasteiger partial charge in [-0.15, -0.1) is 0 Å². The van der Waals surface area contributed by atoms with Crippen molar-refractivity contribution in [2.45, 2.75) is 18.9 Å². The molecule has 2 rings (SSSR count). The van der Waals surface area contributed by atoms with Crippen LogP contribution in [0, 0.1) is 0 Å². The van der Waals surface area contributed by atoms with E-state index in [2.05, 4.69) is 34.5 Å². The Bertz CT molecular complexity index is 266. The van der Waals surface area contributed by atoms with E-state index in [0.29, 0.717) is 6.04 Å². The van der Waals surface area contributed by atoms with Crippen LogP contribution in [0.1, 0.15) is 12.0 Å². The fourth-order valence-corrected chi connectivity index (χ4v) is 1.47. The molecule has 0 fully saturated rings. The molecule has 0 N–H and O–H groups in total. The molecule has 0 spiro atoms. The molecule has 1 aromatic carbocycles. The summed E-state index contributed by atoms with van der Waals surface area (Å²) in [7, 11) is 0. The second-order valence-corrected chi connectivity index (χ2v) is 3.11. The second kappa shape index (κ2) is 3.48. The van der Waals surface area contributed by atoms with E-state index in [1.54, 1.807) is 0 Å². The van der Waals surface area contributed by atoms with E-state index < -0.39 is 0 Å². The molecule has 1 atom stereocenters. The maximum absolute atomic E-state index is 4.16. The van der Waals surface area contributed by atoms with Crippen molar-refractivity contribution in [2.24, 2.45) is 10.2 Å². The summed E-state index contributed by atoms with van der Waals surface area (Å²) in [6.45, 7) is 0.914. The topological polar surface area (TPSA) is 24.7 Å². The van der Waals surface area contributed by atoms with Gasteiger partial charge in [-0.3, -0.25) is 0 Å². The van der Waals surface area contributed by atoms with Crippen LogP contribution in [0.25, 0.3) is 0 Å². The summed E-state index contributed by atoms with van der Waals surface area (Å²) in [6.07, 6.45) is 2.17. The number of azo groups is 1. The average Bonchev–Trinajstić information content (AvgIpc) is 2.59. The predicted octanol–water partition coefficient (Wildman–Crippen LogP) is 2.45. The summed E-state index contributed by atoms with van der Waals surface area (Å²) in [5.74, 6) is 0. The number of benzene rings is 1. The van der Waals surface area contributed by atoms with Crippen LogP contribution in [0.3, 0.4) is 0 Å². The highest BCUT2D eigenvalue weighted by molar-refractivity contribution is 5.16. The van der Waals surface area contributed by atoms with Gasteiger partial charge in [-0.05, 0) is 18.4 Å². The molecule has 0 radical (unpaired) electrons. The normalized spacial score (nSPS) is 21.5. The third-order valence-corrected chi connectivity index (χ3v) is 2.12. The van der Waals surface area contributed by atoms with E-state index in [1.807, 2.05) is 6.07 Å². The van der Waals surface area contributed by atoms with E-state index in [1.165, 1.54) is 5.56 Å². The van der Waals surface area contributed by atoms with Gasteiger partial charge in [-0.25, -0.2) is 0 Å². The minimum Gasteiger partial charge on any atom is -0.194 e. The highest BCUT2D eigenvalue weighted by atomic mass is 15.1. The van der Waals surface area contributed by atoms with Gasteiger partial charge in [-0.1, -0.05) is 30.3 Å². The summed E-state index contributed by atoms with van der Waals surface area (Å²) in [5, 5.41) is 8.14. The van der Waals surface area contributed by atoms with Gasteiger partial charge in [0, 0.05) is 0 Å². The summed E-state index contributed by atoms with van der Waals surface area (Å²) in [6, 6.07) is 10.9. The summed E-state index contributed by atoms with van der Waals surface area (Å²) >= 11 is 0. The third-order valence-electron chi connectivity index (χ3n) is 2.12. The number of nitrogens with zero attached hydrogens (tertiary/aromatic N) is 2. The van der Waals surface area contributed by atoms with E-state index in [0.717, 1.165) is 19.4 Å². The highest BCUT2D eigenvalue weighted by Crippen LogP contribution is 2.13. The molecule has 1 aliphatic rings. The number of hydrogen-bond donors (Lipinski definition) is 0. The lowest BCUT2D eigenvalue weighted by Gasteiger charge is -2.03. The Balaban J connectivity index is 1.99. The van der Waals surface area contributed by atoms with Crippen LogP contribution in [0.15, 0.2) is 40.6 Å². The van der Waals surface area contributed by atoms with Crippen molar-refractivity contribution in [3.8, 4) is 0 Å². The molecule has 0 amide bonds. The van der Waals surface area contributed by atoms with Crippen molar-refractivity contribution in [1.29, 1.82) is 0 Å². The Morgan fingerprint density at radius 1 is 1.25 bits per heavy atom. The summed E-state index contributed by atoms with van der Waals surface area (Å²) in [4.78, 5) is 0. The maximum Gasteiger partial charge on any atom is 0.0766 e. The first-order valence-corrected chi connectivity index (χ1v) is 4.36. The van der Waals surface area contributed by atoms with Gasteiger partial charge in [0.25, 0.3) is 0 Å². The van der Waals surface area contributed by atoms with Crippen LogP contribution in [-0.4, -0.2) is 12.6 Å². The van der Waals surface area contributed by atoms with E-state index in [-0.39, 0.29) is 0 Å². The molecule has 0 saturated heterocycles. The Hall–Kier alpha value is -1.18. The molecule has 1 aromatic rings. The molecule has 0 aromatic heterocycles. The molecule has 12 heavy (non-hydrogen) atoms. The smallest absolute Gasteiger partial charge is 0.0766 e. The number of hydrogen-bond acceptors (Lipinski definition) is 2. The lowest BCUT2D eigenvalue weighted by Crippen LogP contribution is -2.04. The molecule has 0 unspecified atom stereocenters. The van der Waals surface area contributed by atoms with Crippen LogP contribution in [0.5, 0.6) is 0 Å². The zero-order valence-corrected chi connectivity index (χ0v) is 6.98. The molecule has 0 saturated carbocycles. The summed E-state index contributed by atoms with van der Waals surface area (Å²) < 4.78 is 0. The Morgan fingerprint density at radius 3 is 2.75 bits per heavy atom. The molecule has 2 heteroatoms. The highest BCUT2D eigenvalue weighted by Gasteiger charge is 2.11. The Morgan fingerprint density at radius 2 is 2.08 bits per heavy atom. The van der Waals surface area contributed by atoms with Gasteiger partial charge in [-0.2, -0.15) is 10.2 Å². The van der Waals surface area contributed by atoms with Gasteiger partial charge in [0.2, 0.25) is 0 Å². The average molecular weight is 160 g/mol. The van der Waals surface area contributed by atoms with Crippen LogP contribution < -0.4 is 0 Å². The minimum absolute atomic E-state index is 0.437. The Labute approximate surface area is 72.3 Å². The van der Waals surface area contributed by atoms with Crippen LogP contribution in [0.4, 0.5) is 0 Å². The zero-order valence-electron chi connectivity index (χ0n) is 6.98. The summed E-state index contributed by atoms with van der Waals surface area (Å²) in [5.41, 5.74) is 1.36. The van der Waals surface area contributed by atoms with Crippen molar-refractivity contribution in [3.63, 3.8) is 0 Å². The fourth-order valence-electron chi connectivity index (χ4n) is 1.47. The number of rotatable bonds is 2. The van der Waals surface area contributed by atoms with Gasteiger partial charge in [0.15, 0.2) is 0 Å². The first kappa shape index (κ1) is 7.47. The SMILES string of the molecule is c1ccc(C[C@@H]2CCN=N2)cc1. The zero-order chi connectivity index (χ0) is 8.23. The van der Waals surface area contributed by atoms with Crippen molar-refractivity contribution >= 4 is 0 Å². The van der Waals surface area contributed by atoms with Gasteiger partial charge in [0.05, 0.1) is 12.6 Å². The van der Waals surface area contributed by atoms with Crippen LogP contribution in [0.2, 0.25) is 0 Å². The lowest BCUT2D eigenvalue weighted by atomic mass is 10.1. The minimum atomic E-state index is 0.437. The van der Waals surface area contributed by atoms with Crippen molar-refractivity contribution in [2.75, 3.05) is 6.54 Å². The first-order valence-electron chi connectivity index (χ1n) is 4.36. The maximum atomic E-state index is 4.16. The van der Waals surface area contributed by atoms with Crippen molar-refractivity contribution in [1.82, 2.24) is 0 Å². The van der Waals surface area contributed by atoms with E-state index >= 15 is 0 Å². The van der Waals surface area contributed by atoms with Gasteiger partial charge < -0.3 is 0 Å².